The molecule has 0 spiro atoms. The van der Waals surface area contributed by atoms with Gasteiger partial charge in [0.15, 0.2) is 5.78 Å². The highest BCUT2D eigenvalue weighted by Crippen LogP contribution is 2.17. The standard InChI is InChI=1S/C18H22N2O/c1-13(2)19-16-9-5-14(6-10-16)18(21)15-7-11-17(12-8-15)20(3)4/h5-13,19H,1-4H3. The van der Waals surface area contributed by atoms with Crippen LogP contribution in [0.1, 0.15) is 29.8 Å². The number of nitrogens with one attached hydrogen (secondary N) is 1. The molecule has 3 nitrogen and oxygen atoms in total. The van der Waals surface area contributed by atoms with Crippen molar-refractivity contribution in [3.63, 3.8) is 0 Å². The second-order valence-corrected chi connectivity index (χ2v) is 5.65. The average molecular weight is 282 g/mol. The predicted octanol–water partition coefficient (Wildman–Crippen LogP) is 3.80. The second kappa shape index (κ2) is 6.44. The van der Waals surface area contributed by atoms with Crippen LogP contribution in [-0.2, 0) is 0 Å². The number of carbonyl (C=O) groups is 1. The van der Waals surface area contributed by atoms with Crippen LogP contribution in [0, 0.1) is 0 Å². The minimum atomic E-state index is 0.0522. The van der Waals surface area contributed by atoms with Gasteiger partial charge in [-0.2, -0.15) is 0 Å². The van der Waals surface area contributed by atoms with Crippen molar-refractivity contribution in [3.05, 3.63) is 59.7 Å². The van der Waals surface area contributed by atoms with Crippen LogP contribution in [0.4, 0.5) is 11.4 Å². The molecular weight excluding hydrogens is 260 g/mol. The number of carbonyl (C=O) groups excluding carboxylic acids is 1. The van der Waals surface area contributed by atoms with Crippen molar-refractivity contribution >= 4 is 17.2 Å². The summed E-state index contributed by atoms with van der Waals surface area (Å²) in [6.07, 6.45) is 0. The molecule has 0 amide bonds. The molecule has 0 saturated heterocycles. The first kappa shape index (κ1) is 15.1. The van der Waals surface area contributed by atoms with Gasteiger partial charge in [-0.15, -0.1) is 0 Å². The molecule has 0 aromatic heterocycles. The quantitative estimate of drug-likeness (QED) is 0.847. The number of rotatable bonds is 5. The summed E-state index contributed by atoms with van der Waals surface area (Å²) in [7, 11) is 3.97. The van der Waals surface area contributed by atoms with Crippen LogP contribution in [0.15, 0.2) is 48.5 Å². The maximum atomic E-state index is 12.4. The number of hydrogen-bond donors (Lipinski definition) is 1. The molecule has 0 aliphatic heterocycles. The predicted molar refractivity (Wildman–Crippen MR) is 89.4 cm³/mol. The summed E-state index contributed by atoms with van der Waals surface area (Å²) in [5.41, 5.74) is 3.54. The summed E-state index contributed by atoms with van der Waals surface area (Å²) in [5, 5.41) is 3.31. The van der Waals surface area contributed by atoms with Crippen molar-refractivity contribution in [1.82, 2.24) is 0 Å². The van der Waals surface area contributed by atoms with Gasteiger partial charge in [-0.05, 0) is 62.4 Å². The molecule has 2 rings (SSSR count). The van der Waals surface area contributed by atoms with E-state index in [0.717, 1.165) is 11.4 Å². The van der Waals surface area contributed by atoms with Gasteiger partial charge >= 0.3 is 0 Å². The Morgan fingerprint density at radius 3 is 1.81 bits per heavy atom. The van der Waals surface area contributed by atoms with Crippen molar-refractivity contribution < 1.29 is 4.79 Å². The van der Waals surface area contributed by atoms with E-state index in [0.29, 0.717) is 17.2 Å². The van der Waals surface area contributed by atoms with E-state index in [1.165, 1.54) is 0 Å². The maximum absolute atomic E-state index is 12.4. The maximum Gasteiger partial charge on any atom is 0.193 e. The summed E-state index contributed by atoms with van der Waals surface area (Å²) in [5.74, 6) is 0.0522. The minimum Gasteiger partial charge on any atom is -0.383 e. The van der Waals surface area contributed by atoms with E-state index in [4.69, 9.17) is 0 Å². The van der Waals surface area contributed by atoms with E-state index in [1.807, 2.05) is 67.5 Å². The van der Waals surface area contributed by atoms with Gasteiger partial charge in [0.2, 0.25) is 0 Å². The third kappa shape index (κ3) is 3.85. The molecule has 0 heterocycles. The van der Waals surface area contributed by atoms with Gasteiger partial charge in [0.25, 0.3) is 0 Å². The lowest BCUT2D eigenvalue weighted by Crippen LogP contribution is -2.10. The van der Waals surface area contributed by atoms with Gasteiger partial charge in [0.1, 0.15) is 0 Å². The molecule has 0 atom stereocenters. The second-order valence-electron chi connectivity index (χ2n) is 5.65. The molecule has 0 radical (unpaired) electrons. The Balaban J connectivity index is 2.15. The lowest BCUT2D eigenvalue weighted by molar-refractivity contribution is 0.103. The van der Waals surface area contributed by atoms with Crippen LogP contribution >= 0.6 is 0 Å². The number of anilines is 2. The van der Waals surface area contributed by atoms with Crippen molar-refractivity contribution in [1.29, 1.82) is 0 Å². The SMILES string of the molecule is CC(C)Nc1ccc(C(=O)c2ccc(N(C)C)cc2)cc1. The molecule has 2 aromatic carbocycles. The fourth-order valence-electron chi connectivity index (χ4n) is 2.13. The first-order valence-electron chi connectivity index (χ1n) is 7.16. The van der Waals surface area contributed by atoms with E-state index in [-0.39, 0.29) is 5.78 Å². The zero-order chi connectivity index (χ0) is 15.4. The monoisotopic (exact) mass is 282 g/mol. The van der Waals surface area contributed by atoms with Crippen LogP contribution in [0.2, 0.25) is 0 Å². The molecule has 0 aliphatic rings. The molecular formula is C18H22N2O. The van der Waals surface area contributed by atoms with Gasteiger partial charge in [0, 0.05) is 42.6 Å². The molecule has 0 fully saturated rings. The summed E-state index contributed by atoms with van der Waals surface area (Å²) in [6.45, 7) is 4.18. The van der Waals surface area contributed by atoms with E-state index in [2.05, 4.69) is 19.2 Å². The van der Waals surface area contributed by atoms with E-state index in [1.54, 1.807) is 0 Å². The molecule has 0 unspecified atom stereocenters. The molecule has 0 saturated carbocycles. The van der Waals surface area contributed by atoms with Gasteiger partial charge in [-0.1, -0.05) is 0 Å². The van der Waals surface area contributed by atoms with Crippen LogP contribution in [0.25, 0.3) is 0 Å². The topological polar surface area (TPSA) is 32.3 Å². The fourth-order valence-corrected chi connectivity index (χ4v) is 2.13. The zero-order valence-electron chi connectivity index (χ0n) is 13.1. The van der Waals surface area contributed by atoms with Gasteiger partial charge < -0.3 is 10.2 Å². The minimum absolute atomic E-state index is 0.0522. The van der Waals surface area contributed by atoms with Gasteiger partial charge in [-0.25, -0.2) is 0 Å². The third-order valence-electron chi connectivity index (χ3n) is 3.25. The Morgan fingerprint density at radius 2 is 1.38 bits per heavy atom. The first-order chi connectivity index (χ1) is 9.97. The lowest BCUT2D eigenvalue weighted by atomic mass is 10.0. The van der Waals surface area contributed by atoms with Crippen LogP contribution in [0.3, 0.4) is 0 Å². The Hall–Kier alpha value is -2.29. The molecule has 21 heavy (non-hydrogen) atoms. The summed E-state index contributed by atoms with van der Waals surface area (Å²) < 4.78 is 0. The molecule has 1 N–H and O–H groups in total. The summed E-state index contributed by atoms with van der Waals surface area (Å²) >= 11 is 0. The number of nitrogens with zero attached hydrogens (tertiary/aromatic N) is 1. The van der Waals surface area contributed by atoms with Crippen molar-refractivity contribution in [2.75, 3.05) is 24.3 Å². The summed E-state index contributed by atoms with van der Waals surface area (Å²) in [4.78, 5) is 14.4. The smallest absolute Gasteiger partial charge is 0.193 e. The van der Waals surface area contributed by atoms with Crippen molar-refractivity contribution in [3.8, 4) is 0 Å². The first-order valence-corrected chi connectivity index (χ1v) is 7.16. The lowest BCUT2D eigenvalue weighted by Gasteiger charge is -2.12. The highest BCUT2D eigenvalue weighted by atomic mass is 16.1. The molecule has 0 bridgehead atoms. The number of benzene rings is 2. The summed E-state index contributed by atoms with van der Waals surface area (Å²) in [6, 6.07) is 15.7. The Labute approximate surface area is 126 Å². The van der Waals surface area contributed by atoms with Gasteiger partial charge in [-0.3, -0.25) is 4.79 Å². The van der Waals surface area contributed by atoms with Gasteiger partial charge in [0.05, 0.1) is 0 Å². The van der Waals surface area contributed by atoms with Crippen LogP contribution in [-0.4, -0.2) is 25.9 Å². The Kier molecular flexibility index (Phi) is 4.63. The highest BCUT2D eigenvalue weighted by Gasteiger charge is 2.09. The fraction of sp³-hybridized carbons (Fsp3) is 0.278. The number of ketones is 1. The molecule has 0 aliphatic carbocycles. The third-order valence-corrected chi connectivity index (χ3v) is 3.25. The van der Waals surface area contributed by atoms with Crippen LogP contribution in [0.5, 0.6) is 0 Å². The van der Waals surface area contributed by atoms with Crippen molar-refractivity contribution in [2.24, 2.45) is 0 Å². The van der Waals surface area contributed by atoms with Crippen LogP contribution < -0.4 is 10.2 Å². The molecule has 2 aromatic rings. The molecule has 110 valence electrons. The van der Waals surface area contributed by atoms with Crippen molar-refractivity contribution in [2.45, 2.75) is 19.9 Å². The number of hydrogen-bond acceptors (Lipinski definition) is 3. The Bertz CT molecular complexity index is 598. The normalized spacial score (nSPS) is 10.5. The van der Waals surface area contributed by atoms with E-state index < -0.39 is 0 Å². The highest BCUT2D eigenvalue weighted by molar-refractivity contribution is 6.09. The zero-order valence-corrected chi connectivity index (χ0v) is 13.1. The molecule has 3 heteroatoms. The largest absolute Gasteiger partial charge is 0.383 e. The Morgan fingerprint density at radius 1 is 0.905 bits per heavy atom. The van der Waals surface area contributed by atoms with E-state index in [9.17, 15) is 4.79 Å². The average Bonchev–Trinajstić information content (AvgIpc) is 2.47. The van der Waals surface area contributed by atoms with E-state index >= 15 is 0 Å².